The molecule has 1 heterocycles. The first-order chi connectivity index (χ1) is 10.5. The predicted octanol–water partition coefficient (Wildman–Crippen LogP) is 3.30. The van der Waals surface area contributed by atoms with Crippen LogP contribution in [0.15, 0.2) is 32.8 Å². The van der Waals surface area contributed by atoms with Crippen molar-refractivity contribution in [2.45, 2.75) is 16.2 Å². The second-order valence-electron chi connectivity index (χ2n) is 4.08. The summed E-state index contributed by atoms with van der Waals surface area (Å²) in [5.41, 5.74) is 0.763. The van der Waals surface area contributed by atoms with Crippen LogP contribution in [-0.4, -0.2) is 22.5 Å². The van der Waals surface area contributed by atoms with Gasteiger partial charge in [0.05, 0.1) is 15.4 Å². The largest absolute Gasteiger partial charge is 0.449 e. The number of thiazole rings is 1. The van der Waals surface area contributed by atoms with E-state index in [2.05, 4.69) is 10.9 Å². The maximum atomic E-state index is 11.7. The van der Waals surface area contributed by atoms with Crippen molar-refractivity contribution in [3.63, 3.8) is 0 Å². The molecule has 8 heteroatoms. The van der Waals surface area contributed by atoms with Crippen molar-refractivity contribution in [3.05, 3.63) is 45.0 Å². The molecular formula is C14H10N2O4S2. The highest BCUT2D eigenvalue weighted by atomic mass is 32.2. The molecule has 1 aromatic carbocycles. The summed E-state index contributed by atoms with van der Waals surface area (Å²) in [5, 5.41) is 13.1. The van der Waals surface area contributed by atoms with Gasteiger partial charge >= 0.3 is 5.97 Å². The van der Waals surface area contributed by atoms with E-state index in [1.165, 1.54) is 41.3 Å². The standard InChI is InChI=1S/C14H10N2O4S2/c1-3-6-20-13(17)10-4-5-12(11(7-10)16(18)19)22-14-15-9(2)8-21-14/h1,4-5,7-8H,6H2,2H3. The fourth-order valence-electron chi connectivity index (χ4n) is 1.54. The van der Waals surface area contributed by atoms with Gasteiger partial charge in [0.15, 0.2) is 10.9 Å². The van der Waals surface area contributed by atoms with Gasteiger partial charge < -0.3 is 4.74 Å². The van der Waals surface area contributed by atoms with Gasteiger partial charge in [0.25, 0.3) is 5.69 Å². The Morgan fingerprint density at radius 1 is 1.59 bits per heavy atom. The fraction of sp³-hybridized carbons (Fsp3) is 0.143. The van der Waals surface area contributed by atoms with Crippen LogP contribution >= 0.6 is 23.1 Å². The van der Waals surface area contributed by atoms with Crippen LogP contribution in [-0.2, 0) is 4.74 Å². The Labute approximate surface area is 134 Å². The summed E-state index contributed by atoms with van der Waals surface area (Å²) in [7, 11) is 0. The summed E-state index contributed by atoms with van der Waals surface area (Å²) in [6.07, 6.45) is 5.00. The fourth-order valence-corrected chi connectivity index (χ4v) is 3.42. The number of rotatable bonds is 5. The van der Waals surface area contributed by atoms with Crippen LogP contribution in [0.5, 0.6) is 0 Å². The van der Waals surface area contributed by atoms with E-state index in [1.807, 2.05) is 12.3 Å². The van der Waals surface area contributed by atoms with Gasteiger partial charge in [-0.2, -0.15) is 0 Å². The molecule has 0 spiro atoms. The molecule has 0 N–H and O–H groups in total. The van der Waals surface area contributed by atoms with Crippen LogP contribution in [0.25, 0.3) is 0 Å². The Bertz CT molecular complexity index is 764. The highest BCUT2D eigenvalue weighted by molar-refractivity contribution is 8.01. The number of carbonyl (C=O) groups excluding carboxylic acids is 1. The summed E-state index contributed by atoms with van der Waals surface area (Å²) in [6.45, 7) is 1.67. The van der Waals surface area contributed by atoms with Crippen molar-refractivity contribution in [2.24, 2.45) is 0 Å². The Morgan fingerprint density at radius 2 is 2.36 bits per heavy atom. The number of esters is 1. The number of carbonyl (C=O) groups is 1. The van der Waals surface area contributed by atoms with Crippen molar-refractivity contribution in [1.82, 2.24) is 4.98 Å². The number of hydrogen-bond donors (Lipinski definition) is 0. The minimum atomic E-state index is -0.692. The molecule has 112 valence electrons. The van der Waals surface area contributed by atoms with Crippen LogP contribution in [0.4, 0.5) is 5.69 Å². The van der Waals surface area contributed by atoms with Crippen molar-refractivity contribution in [1.29, 1.82) is 0 Å². The molecule has 0 aliphatic rings. The van der Waals surface area contributed by atoms with E-state index < -0.39 is 10.9 Å². The lowest BCUT2D eigenvalue weighted by Crippen LogP contribution is -2.06. The molecule has 2 aromatic rings. The quantitative estimate of drug-likeness (QED) is 0.361. The number of nitrogens with zero attached hydrogens (tertiary/aromatic N) is 2. The molecule has 0 fully saturated rings. The lowest BCUT2D eigenvalue weighted by molar-refractivity contribution is -0.387. The summed E-state index contributed by atoms with van der Waals surface area (Å²) < 4.78 is 5.46. The van der Waals surface area contributed by atoms with Gasteiger partial charge in [-0.3, -0.25) is 10.1 Å². The number of aryl methyl sites for hydroxylation is 1. The zero-order valence-electron chi connectivity index (χ0n) is 11.4. The van der Waals surface area contributed by atoms with E-state index >= 15 is 0 Å². The first-order valence-electron chi connectivity index (χ1n) is 6.00. The summed E-state index contributed by atoms with van der Waals surface area (Å²) >= 11 is 2.58. The average Bonchev–Trinajstić information content (AvgIpc) is 2.90. The Morgan fingerprint density at radius 3 is 2.95 bits per heavy atom. The average molecular weight is 334 g/mol. The van der Waals surface area contributed by atoms with Crippen molar-refractivity contribution < 1.29 is 14.5 Å². The van der Waals surface area contributed by atoms with E-state index in [4.69, 9.17) is 11.2 Å². The molecule has 0 radical (unpaired) electrons. The third kappa shape index (κ3) is 3.84. The van der Waals surface area contributed by atoms with Crippen LogP contribution in [0.3, 0.4) is 0 Å². The summed E-state index contributed by atoms with van der Waals surface area (Å²) in [4.78, 5) is 27.0. The van der Waals surface area contributed by atoms with E-state index in [-0.39, 0.29) is 17.9 Å². The second-order valence-corrected chi connectivity index (χ2v) is 6.22. The molecule has 0 amide bonds. The van der Waals surface area contributed by atoms with E-state index in [9.17, 15) is 14.9 Å². The number of aromatic nitrogens is 1. The Hall–Kier alpha value is -2.37. The number of ether oxygens (including phenoxy) is 1. The lowest BCUT2D eigenvalue weighted by Gasteiger charge is -2.04. The van der Waals surface area contributed by atoms with Gasteiger partial charge in [0.1, 0.15) is 0 Å². The monoisotopic (exact) mass is 334 g/mol. The first-order valence-corrected chi connectivity index (χ1v) is 7.70. The van der Waals surface area contributed by atoms with Crippen LogP contribution in [0.2, 0.25) is 0 Å². The van der Waals surface area contributed by atoms with Crippen molar-refractivity contribution >= 4 is 34.8 Å². The number of terminal acetylenes is 1. The maximum absolute atomic E-state index is 11.7. The van der Waals surface area contributed by atoms with Gasteiger partial charge in [-0.05, 0) is 19.1 Å². The highest BCUT2D eigenvalue weighted by Crippen LogP contribution is 2.36. The van der Waals surface area contributed by atoms with Gasteiger partial charge in [0.2, 0.25) is 0 Å². The minimum absolute atomic E-state index is 0.0848. The number of benzene rings is 1. The third-order valence-corrected chi connectivity index (χ3v) is 4.59. The lowest BCUT2D eigenvalue weighted by atomic mass is 10.2. The maximum Gasteiger partial charge on any atom is 0.339 e. The molecular weight excluding hydrogens is 324 g/mol. The molecule has 1 aromatic heterocycles. The molecule has 22 heavy (non-hydrogen) atoms. The number of nitro groups is 1. The topological polar surface area (TPSA) is 82.3 Å². The van der Waals surface area contributed by atoms with E-state index in [0.717, 1.165) is 5.69 Å². The number of hydrogen-bond acceptors (Lipinski definition) is 7. The van der Waals surface area contributed by atoms with Gasteiger partial charge in [-0.1, -0.05) is 17.7 Å². The normalized spacial score (nSPS) is 10.0. The molecule has 0 saturated carbocycles. The van der Waals surface area contributed by atoms with Gasteiger partial charge in [-0.25, -0.2) is 9.78 Å². The third-order valence-electron chi connectivity index (χ3n) is 2.47. The van der Waals surface area contributed by atoms with E-state index in [0.29, 0.717) is 9.24 Å². The zero-order chi connectivity index (χ0) is 16.1. The molecule has 0 bridgehead atoms. The van der Waals surface area contributed by atoms with Crippen LogP contribution < -0.4 is 0 Å². The second kappa shape index (κ2) is 7.06. The molecule has 0 unspecified atom stereocenters. The SMILES string of the molecule is C#CCOC(=O)c1ccc(Sc2nc(C)cs2)c([N+](=O)[O-])c1. The molecule has 0 saturated heterocycles. The predicted molar refractivity (Wildman–Crippen MR) is 83.2 cm³/mol. The molecule has 0 aliphatic carbocycles. The first kappa shape index (κ1) is 16.0. The van der Waals surface area contributed by atoms with Gasteiger partial charge in [0, 0.05) is 17.1 Å². The Balaban J connectivity index is 2.29. The Kier molecular flexibility index (Phi) is 5.14. The zero-order valence-corrected chi connectivity index (χ0v) is 13.1. The molecule has 0 aliphatic heterocycles. The summed E-state index contributed by atoms with van der Waals surface area (Å²) in [5.74, 6) is 1.47. The molecule has 0 atom stereocenters. The summed E-state index contributed by atoms with van der Waals surface area (Å²) in [6, 6.07) is 4.16. The van der Waals surface area contributed by atoms with Crippen molar-refractivity contribution in [2.75, 3.05) is 6.61 Å². The highest BCUT2D eigenvalue weighted by Gasteiger charge is 2.20. The van der Waals surface area contributed by atoms with E-state index in [1.54, 1.807) is 0 Å². The molecule has 2 rings (SSSR count). The van der Waals surface area contributed by atoms with Crippen molar-refractivity contribution in [3.8, 4) is 12.3 Å². The number of nitro benzene ring substituents is 1. The molecule has 6 nitrogen and oxygen atoms in total. The van der Waals surface area contributed by atoms with Gasteiger partial charge in [-0.15, -0.1) is 17.8 Å². The van der Waals surface area contributed by atoms with Crippen LogP contribution in [0, 0.1) is 29.4 Å². The smallest absolute Gasteiger partial charge is 0.339 e. The minimum Gasteiger partial charge on any atom is -0.449 e. The van der Waals surface area contributed by atoms with Crippen LogP contribution in [0.1, 0.15) is 16.1 Å².